The van der Waals surface area contributed by atoms with Crippen molar-refractivity contribution < 1.29 is 23.7 Å². The van der Waals surface area contributed by atoms with Crippen molar-refractivity contribution in [1.82, 2.24) is 0 Å². The molecule has 0 atom stereocenters. The van der Waals surface area contributed by atoms with Crippen LogP contribution in [0.3, 0.4) is 0 Å². The maximum Gasteiger partial charge on any atom is 0.343 e. The van der Waals surface area contributed by atoms with E-state index in [0.29, 0.717) is 31.1 Å². The molecule has 0 radical (unpaired) electrons. The Bertz CT molecular complexity index is 1280. The first-order valence-electron chi connectivity index (χ1n) is 13.5. The first-order valence-corrected chi connectivity index (χ1v) is 13.5. The second-order valence-corrected chi connectivity index (χ2v) is 9.58. The lowest BCUT2D eigenvalue weighted by Gasteiger charge is -2.10. The smallest absolute Gasteiger partial charge is 0.343 e. The number of hydrogen-bond donors (Lipinski definition) is 0. The van der Waals surface area contributed by atoms with Crippen molar-refractivity contribution in [2.24, 2.45) is 0 Å². The molecule has 4 aromatic rings. The van der Waals surface area contributed by atoms with Crippen LogP contribution in [0.5, 0.6) is 23.0 Å². The van der Waals surface area contributed by atoms with Gasteiger partial charge >= 0.3 is 5.97 Å². The minimum absolute atomic E-state index is 0.368. The SMILES string of the molecule is Cc1ccc(COc2ccc(OCCCCCCOc3ccc(OC(=O)c4ccc(C)cc4)cc3)cc2)cc1. The Kier molecular flexibility index (Phi) is 10.4. The van der Waals surface area contributed by atoms with Crippen LogP contribution >= 0.6 is 0 Å². The van der Waals surface area contributed by atoms with E-state index in [4.69, 9.17) is 18.9 Å². The molecule has 0 N–H and O–H groups in total. The summed E-state index contributed by atoms with van der Waals surface area (Å²) in [5.41, 5.74) is 4.03. The molecule has 0 aromatic heterocycles. The highest BCUT2D eigenvalue weighted by Crippen LogP contribution is 2.21. The van der Waals surface area contributed by atoms with Gasteiger partial charge in [-0.15, -0.1) is 0 Å². The lowest BCUT2D eigenvalue weighted by molar-refractivity contribution is 0.0734. The normalized spacial score (nSPS) is 10.6. The minimum Gasteiger partial charge on any atom is -0.494 e. The van der Waals surface area contributed by atoms with E-state index in [1.165, 1.54) is 5.56 Å². The largest absolute Gasteiger partial charge is 0.494 e. The summed E-state index contributed by atoms with van der Waals surface area (Å²) >= 11 is 0. The van der Waals surface area contributed by atoms with E-state index in [1.54, 1.807) is 24.3 Å². The van der Waals surface area contributed by atoms with E-state index in [2.05, 4.69) is 31.2 Å². The molecule has 0 amide bonds. The summed E-state index contributed by atoms with van der Waals surface area (Å²) in [6, 6.07) is 30.6. The molecular formula is C34H36O5. The summed E-state index contributed by atoms with van der Waals surface area (Å²) in [6.45, 7) is 5.95. The summed E-state index contributed by atoms with van der Waals surface area (Å²) in [7, 11) is 0. The van der Waals surface area contributed by atoms with Crippen molar-refractivity contribution in [2.45, 2.75) is 46.1 Å². The van der Waals surface area contributed by atoms with Crippen molar-refractivity contribution in [2.75, 3.05) is 13.2 Å². The Balaban J connectivity index is 1.04. The van der Waals surface area contributed by atoms with Gasteiger partial charge in [0.25, 0.3) is 0 Å². The molecule has 5 nitrogen and oxygen atoms in total. The highest BCUT2D eigenvalue weighted by Gasteiger charge is 2.08. The maximum atomic E-state index is 12.2. The second-order valence-electron chi connectivity index (χ2n) is 9.58. The molecule has 0 aliphatic rings. The highest BCUT2D eigenvalue weighted by atomic mass is 16.5. The molecular weight excluding hydrogens is 488 g/mol. The minimum atomic E-state index is -0.368. The van der Waals surface area contributed by atoms with Crippen LogP contribution in [0.1, 0.15) is 52.7 Å². The molecule has 4 aromatic carbocycles. The average molecular weight is 525 g/mol. The highest BCUT2D eigenvalue weighted by molar-refractivity contribution is 5.91. The zero-order valence-corrected chi connectivity index (χ0v) is 22.7. The molecule has 0 unspecified atom stereocenters. The van der Waals surface area contributed by atoms with E-state index in [-0.39, 0.29) is 5.97 Å². The van der Waals surface area contributed by atoms with E-state index in [9.17, 15) is 4.79 Å². The molecule has 5 heteroatoms. The standard InChI is InChI=1S/C34H36O5/c1-26-7-11-28(12-8-26)25-38-32-17-15-30(16-18-32)36-23-5-3-4-6-24-37-31-19-21-33(22-20-31)39-34(35)29-13-9-27(2)10-14-29/h7-22H,3-6,23-25H2,1-2H3. The molecule has 0 heterocycles. The third-order valence-corrected chi connectivity index (χ3v) is 6.25. The van der Waals surface area contributed by atoms with Crippen molar-refractivity contribution in [3.8, 4) is 23.0 Å². The number of carbonyl (C=O) groups excluding carboxylic acids is 1. The predicted molar refractivity (Wildman–Crippen MR) is 154 cm³/mol. The fourth-order valence-electron chi connectivity index (χ4n) is 3.88. The molecule has 0 aliphatic carbocycles. The quantitative estimate of drug-likeness (QED) is 0.0947. The van der Waals surface area contributed by atoms with Crippen LogP contribution < -0.4 is 18.9 Å². The molecule has 0 bridgehead atoms. The van der Waals surface area contributed by atoms with Gasteiger partial charge in [0.2, 0.25) is 0 Å². The van der Waals surface area contributed by atoms with Crippen LogP contribution in [0.25, 0.3) is 0 Å². The molecule has 0 saturated heterocycles. The lowest BCUT2D eigenvalue weighted by Crippen LogP contribution is -2.08. The zero-order valence-electron chi connectivity index (χ0n) is 22.7. The van der Waals surface area contributed by atoms with Gasteiger partial charge in [-0.25, -0.2) is 4.79 Å². The van der Waals surface area contributed by atoms with Crippen molar-refractivity contribution in [3.63, 3.8) is 0 Å². The molecule has 4 rings (SSSR count). The van der Waals surface area contributed by atoms with E-state index >= 15 is 0 Å². The number of carbonyl (C=O) groups is 1. The first kappa shape index (κ1) is 27.8. The van der Waals surface area contributed by atoms with Gasteiger partial charge in [0.1, 0.15) is 29.6 Å². The van der Waals surface area contributed by atoms with Gasteiger partial charge in [-0.1, -0.05) is 47.5 Å². The third kappa shape index (κ3) is 9.53. The van der Waals surface area contributed by atoms with Crippen molar-refractivity contribution in [3.05, 3.63) is 119 Å². The fourth-order valence-corrected chi connectivity index (χ4v) is 3.88. The van der Waals surface area contributed by atoms with E-state index in [0.717, 1.165) is 54.1 Å². The number of hydrogen-bond acceptors (Lipinski definition) is 5. The van der Waals surface area contributed by atoms with E-state index < -0.39 is 0 Å². The summed E-state index contributed by atoms with van der Waals surface area (Å²) in [5, 5.41) is 0. The number of esters is 1. The Morgan fingerprint density at radius 3 is 1.46 bits per heavy atom. The van der Waals surface area contributed by atoms with Crippen LogP contribution in [-0.4, -0.2) is 19.2 Å². The first-order chi connectivity index (χ1) is 19.0. The second kappa shape index (κ2) is 14.6. The number of ether oxygens (including phenoxy) is 4. The Labute approximate surface area is 231 Å². The van der Waals surface area contributed by atoms with Crippen LogP contribution in [0.2, 0.25) is 0 Å². The van der Waals surface area contributed by atoms with Gasteiger partial charge < -0.3 is 18.9 Å². The average Bonchev–Trinajstić information content (AvgIpc) is 2.96. The summed E-state index contributed by atoms with van der Waals surface area (Å²) in [6.07, 6.45) is 4.11. The van der Waals surface area contributed by atoms with Gasteiger partial charge in [-0.3, -0.25) is 0 Å². The molecule has 202 valence electrons. The molecule has 0 saturated carbocycles. The van der Waals surface area contributed by atoms with Crippen LogP contribution in [0.15, 0.2) is 97.1 Å². The monoisotopic (exact) mass is 524 g/mol. The fraction of sp³-hybridized carbons (Fsp3) is 0.265. The van der Waals surface area contributed by atoms with Gasteiger partial charge in [-0.2, -0.15) is 0 Å². The summed E-state index contributed by atoms with van der Waals surface area (Å²) in [4.78, 5) is 12.2. The van der Waals surface area contributed by atoms with Gasteiger partial charge in [-0.05, 0) is 106 Å². The molecule has 39 heavy (non-hydrogen) atoms. The van der Waals surface area contributed by atoms with E-state index in [1.807, 2.05) is 55.5 Å². The molecule has 0 fully saturated rings. The van der Waals surface area contributed by atoms with Gasteiger partial charge in [0.15, 0.2) is 0 Å². The number of unbranched alkanes of at least 4 members (excludes halogenated alkanes) is 3. The van der Waals surface area contributed by atoms with Crippen molar-refractivity contribution >= 4 is 5.97 Å². The van der Waals surface area contributed by atoms with Crippen LogP contribution in [-0.2, 0) is 6.61 Å². The third-order valence-electron chi connectivity index (χ3n) is 6.25. The molecule has 0 aliphatic heterocycles. The summed E-state index contributed by atoms with van der Waals surface area (Å²) in [5.74, 6) is 2.58. The Morgan fingerprint density at radius 1 is 0.513 bits per heavy atom. The Morgan fingerprint density at radius 2 is 0.949 bits per heavy atom. The predicted octanol–water partition coefficient (Wildman–Crippen LogP) is 8.12. The Hall–Kier alpha value is -4.25. The van der Waals surface area contributed by atoms with Gasteiger partial charge in [0, 0.05) is 0 Å². The van der Waals surface area contributed by atoms with Crippen LogP contribution in [0.4, 0.5) is 0 Å². The van der Waals surface area contributed by atoms with Gasteiger partial charge in [0.05, 0.1) is 18.8 Å². The lowest BCUT2D eigenvalue weighted by atomic mass is 10.1. The maximum absolute atomic E-state index is 12.2. The topological polar surface area (TPSA) is 54.0 Å². The zero-order chi connectivity index (χ0) is 27.3. The number of rotatable bonds is 14. The summed E-state index contributed by atoms with van der Waals surface area (Å²) < 4.78 is 23.0. The molecule has 0 spiro atoms. The van der Waals surface area contributed by atoms with Crippen molar-refractivity contribution in [1.29, 1.82) is 0 Å². The van der Waals surface area contributed by atoms with Crippen LogP contribution in [0, 0.1) is 13.8 Å². The number of benzene rings is 4. The number of aryl methyl sites for hydroxylation is 2.